The third kappa shape index (κ3) is 5.19. The van der Waals surface area contributed by atoms with Gasteiger partial charge in [0, 0.05) is 45.7 Å². The Morgan fingerprint density at radius 3 is 2.30 bits per heavy atom. The van der Waals surface area contributed by atoms with Gasteiger partial charge in [-0.2, -0.15) is 0 Å². The molecule has 0 radical (unpaired) electrons. The molecule has 2 heterocycles. The SMILES string of the molecule is COc1ccc(CCC(=O)N2CCN(CC(=O)N3CCCC3)CC2)cc1F. The number of methoxy groups -OCH3 is 1. The Kier molecular flexibility index (Phi) is 6.66. The second-order valence-corrected chi connectivity index (χ2v) is 7.21. The molecule has 0 bridgehead atoms. The first-order valence-corrected chi connectivity index (χ1v) is 9.67. The summed E-state index contributed by atoms with van der Waals surface area (Å²) in [4.78, 5) is 30.6. The van der Waals surface area contributed by atoms with Crippen molar-refractivity contribution in [2.24, 2.45) is 0 Å². The molecule has 0 saturated carbocycles. The van der Waals surface area contributed by atoms with E-state index in [4.69, 9.17) is 4.74 Å². The van der Waals surface area contributed by atoms with Crippen LogP contribution < -0.4 is 4.74 Å². The van der Waals surface area contributed by atoms with Crippen molar-refractivity contribution in [2.45, 2.75) is 25.7 Å². The second kappa shape index (κ2) is 9.17. The van der Waals surface area contributed by atoms with Gasteiger partial charge in [-0.05, 0) is 37.0 Å². The normalized spacial score (nSPS) is 18.0. The summed E-state index contributed by atoms with van der Waals surface area (Å²) in [5.74, 6) is 0.0916. The lowest BCUT2D eigenvalue weighted by molar-refractivity contribution is -0.134. The predicted molar refractivity (Wildman–Crippen MR) is 100 cm³/mol. The van der Waals surface area contributed by atoms with E-state index in [0.29, 0.717) is 32.5 Å². The number of likely N-dealkylation sites (tertiary alicyclic amines) is 1. The Labute approximate surface area is 159 Å². The fourth-order valence-electron chi connectivity index (χ4n) is 3.69. The fourth-order valence-corrected chi connectivity index (χ4v) is 3.69. The molecule has 2 aliphatic heterocycles. The van der Waals surface area contributed by atoms with Crippen molar-refractivity contribution in [1.29, 1.82) is 0 Å². The van der Waals surface area contributed by atoms with E-state index in [0.717, 1.165) is 44.6 Å². The van der Waals surface area contributed by atoms with E-state index in [9.17, 15) is 14.0 Å². The number of aryl methyl sites for hydroxylation is 1. The van der Waals surface area contributed by atoms with E-state index in [2.05, 4.69) is 4.90 Å². The second-order valence-electron chi connectivity index (χ2n) is 7.21. The molecule has 0 spiro atoms. The molecule has 0 N–H and O–H groups in total. The maximum Gasteiger partial charge on any atom is 0.236 e. The third-order valence-corrected chi connectivity index (χ3v) is 5.39. The lowest BCUT2D eigenvalue weighted by atomic mass is 10.1. The Morgan fingerprint density at radius 2 is 1.67 bits per heavy atom. The van der Waals surface area contributed by atoms with Gasteiger partial charge in [0.2, 0.25) is 11.8 Å². The largest absolute Gasteiger partial charge is 0.494 e. The molecule has 0 atom stereocenters. The Balaban J connectivity index is 1.40. The summed E-state index contributed by atoms with van der Waals surface area (Å²) in [7, 11) is 1.43. The van der Waals surface area contributed by atoms with Crippen molar-refractivity contribution >= 4 is 11.8 Å². The van der Waals surface area contributed by atoms with E-state index in [1.807, 2.05) is 9.80 Å². The van der Waals surface area contributed by atoms with Gasteiger partial charge in [-0.3, -0.25) is 14.5 Å². The maximum absolute atomic E-state index is 13.7. The van der Waals surface area contributed by atoms with Crippen LogP contribution in [0.25, 0.3) is 0 Å². The molecule has 3 rings (SSSR count). The number of hydrogen-bond acceptors (Lipinski definition) is 4. The summed E-state index contributed by atoms with van der Waals surface area (Å²) < 4.78 is 18.6. The lowest BCUT2D eigenvalue weighted by Gasteiger charge is -2.35. The van der Waals surface area contributed by atoms with E-state index >= 15 is 0 Å². The molecule has 2 amide bonds. The van der Waals surface area contributed by atoms with Crippen molar-refractivity contribution in [3.05, 3.63) is 29.6 Å². The number of carbonyl (C=O) groups excluding carboxylic acids is 2. The van der Waals surface area contributed by atoms with E-state index in [1.54, 1.807) is 12.1 Å². The van der Waals surface area contributed by atoms with Crippen LogP contribution >= 0.6 is 0 Å². The predicted octanol–water partition coefficient (Wildman–Crippen LogP) is 1.53. The Morgan fingerprint density at radius 1 is 1.00 bits per heavy atom. The van der Waals surface area contributed by atoms with Gasteiger partial charge in [0.15, 0.2) is 11.6 Å². The van der Waals surface area contributed by atoms with Crippen molar-refractivity contribution in [3.8, 4) is 5.75 Å². The van der Waals surface area contributed by atoms with Crippen LogP contribution in [0.2, 0.25) is 0 Å². The van der Waals surface area contributed by atoms with Crippen molar-refractivity contribution < 1.29 is 18.7 Å². The quantitative estimate of drug-likeness (QED) is 0.755. The topological polar surface area (TPSA) is 53.1 Å². The highest BCUT2D eigenvalue weighted by Crippen LogP contribution is 2.19. The van der Waals surface area contributed by atoms with Gasteiger partial charge in [0.25, 0.3) is 0 Å². The molecule has 0 unspecified atom stereocenters. The number of piperazine rings is 1. The van der Waals surface area contributed by atoms with Crippen LogP contribution in [0.5, 0.6) is 5.75 Å². The number of amides is 2. The molecule has 1 aromatic rings. The molecule has 2 fully saturated rings. The first kappa shape index (κ1) is 19.6. The van der Waals surface area contributed by atoms with Gasteiger partial charge in [-0.1, -0.05) is 6.07 Å². The zero-order chi connectivity index (χ0) is 19.2. The van der Waals surface area contributed by atoms with Gasteiger partial charge < -0.3 is 14.5 Å². The number of ether oxygens (including phenoxy) is 1. The number of halogens is 1. The average molecular weight is 377 g/mol. The molecular weight excluding hydrogens is 349 g/mol. The highest BCUT2D eigenvalue weighted by Gasteiger charge is 2.25. The molecule has 2 aliphatic rings. The summed E-state index contributed by atoms with van der Waals surface area (Å²) in [5.41, 5.74) is 0.788. The first-order valence-electron chi connectivity index (χ1n) is 9.67. The Bertz CT molecular complexity index is 668. The van der Waals surface area contributed by atoms with Crippen LogP contribution in [0, 0.1) is 5.82 Å². The number of nitrogens with zero attached hydrogens (tertiary/aromatic N) is 3. The number of hydrogen-bond donors (Lipinski definition) is 0. The molecular formula is C20H28FN3O3. The van der Waals surface area contributed by atoms with Crippen LogP contribution in [0.4, 0.5) is 4.39 Å². The van der Waals surface area contributed by atoms with Gasteiger partial charge in [0.05, 0.1) is 13.7 Å². The minimum absolute atomic E-state index is 0.0803. The van der Waals surface area contributed by atoms with E-state index in [1.165, 1.54) is 13.2 Å². The minimum atomic E-state index is -0.404. The van der Waals surface area contributed by atoms with Crippen LogP contribution in [0.3, 0.4) is 0 Å². The third-order valence-electron chi connectivity index (χ3n) is 5.39. The molecule has 0 aromatic heterocycles. The maximum atomic E-state index is 13.7. The monoisotopic (exact) mass is 377 g/mol. The van der Waals surface area contributed by atoms with Crippen molar-refractivity contribution in [3.63, 3.8) is 0 Å². The van der Waals surface area contributed by atoms with Crippen molar-refractivity contribution in [1.82, 2.24) is 14.7 Å². The van der Waals surface area contributed by atoms with Crippen LogP contribution in [-0.4, -0.2) is 79.4 Å². The molecule has 27 heavy (non-hydrogen) atoms. The van der Waals surface area contributed by atoms with Crippen LogP contribution in [0.15, 0.2) is 18.2 Å². The minimum Gasteiger partial charge on any atom is -0.494 e. The van der Waals surface area contributed by atoms with Gasteiger partial charge in [-0.15, -0.1) is 0 Å². The average Bonchev–Trinajstić information content (AvgIpc) is 3.22. The first-order chi connectivity index (χ1) is 13.1. The summed E-state index contributed by atoms with van der Waals surface area (Å²) in [6.07, 6.45) is 3.07. The highest BCUT2D eigenvalue weighted by molar-refractivity contribution is 5.79. The highest BCUT2D eigenvalue weighted by atomic mass is 19.1. The summed E-state index contributed by atoms with van der Waals surface area (Å²) in [5, 5.41) is 0. The van der Waals surface area contributed by atoms with Gasteiger partial charge >= 0.3 is 0 Å². The Hall–Kier alpha value is -2.15. The van der Waals surface area contributed by atoms with Crippen LogP contribution in [0.1, 0.15) is 24.8 Å². The van der Waals surface area contributed by atoms with Gasteiger partial charge in [0.1, 0.15) is 0 Å². The smallest absolute Gasteiger partial charge is 0.236 e. The number of carbonyl (C=O) groups is 2. The molecule has 0 aliphatic carbocycles. The van der Waals surface area contributed by atoms with Crippen molar-refractivity contribution in [2.75, 3.05) is 52.9 Å². The number of rotatable bonds is 6. The molecule has 7 heteroatoms. The fraction of sp³-hybridized carbons (Fsp3) is 0.600. The summed E-state index contributed by atoms with van der Waals surface area (Å²) in [6, 6.07) is 4.80. The molecule has 6 nitrogen and oxygen atoms in total. The summed E-state index contributed by atoms with van der Waals surface area (Å²) in [6.45, 7) is 4.94. The van der Waals surface area contributed by atoms with Gasteiger partial charge in [-0.25, -0.2) is 4.39 Å². The number of benzene rings is 1. The van der Waals surface area contributed by atoms with E-state index < -0.39 is 5.82 Å². The van der Waals surface area contributed by atoms with Crippen LogP contribution in [-0.2, 0) is 16.0 Å². The summed E-state index contributed by atoms with van der Waals surface area (Å²) >= 11 is 0. The van der Waals surface area contributed by atoms with E-state index in [-0.39, 0.29) is 17.6 Å². The zero-order valence-electron chi connectivity index (χ0n) is 16.0. The lowest BCUT2D eigenvalue weighted by Crippen LogP contribution is -2.51. The molecule has 148 valence electrons. The molecule has 2 saturated heterocycles. The molecule has 1 aromatic carbocycles. The standard InChI is InChI=1S/C20H28FN3O3/c1-27-18-6-4-16(14-17(18)21)5-7-19(25)24-12-10-22(11-13-24)15-20(26)23-8-2-3-9-23/h4,6,14H,2-3,5,7-13,15H2,1H3. The zero-order valence-corrected chi connectivity index (χ0v) is 16.0.